The molecule has 3 rings (SSSR count). The highest BCUT2D eigenvalue weighted by Gasteiger charge is 2.35. The Morgan fingerprint density at radius 1 is 1.14 bits per heavy atom. The smallest absolute Gasteiger partial charge is 0.287 e. The molecule has 1 amide bonds. The number of aryl methyl sites for hydroxylation is 1. The minimum Gasteiger partial charge on any atom is -0.456 e. The Morgan fingerprint density at radius 2 is 1.86 bits per heavy atom. The summed E-state index contributed by atoms with van der Waals surface area (Å²) in [5.41, 5.74) is 1.42. The molecule has 0 unspecified atom stereocenters. The quantitative estimate of drug-likeness (QED) is 0.903. The lowest BCUT2D eigenvalue weighted by Crippen LogP contribution is -2.38. The van der Waals surface area contributed by atoms with Crippen LogP contribution in [0.4, 0.5) is 0 Å². The predicted octanol–water partition coefficient (Wildman–Crippen LogP) is 4.08. The van der Waals surface area contributed by atoms with Gasteiger partial charge in [0.05, 0.1) is 0 Å². The number of furan rings is 1. The predicted molar refractivity (Wildman–Crippen MR) is 87.0 cm³/mol. The Labute approximate surface area is 131 Å². The van der Waals surface area contributed by atoms with Crippen molar-refractivity contribution in [3.05, 3.63) is 59.5 Å². The average Bonchev–Trinajstić information content (AvgIpc) is 3.23. The zero-order valence-electron chi connectivity index (χ0n) is 13.1. The maximum absolute atomic E-state index is 12.3. The van der Waals surface area contributed by atoms with E-state index in [1.54, 1.807) is 6.07 Å². The lowest BCUT2D eigenvalue weighted by molar-refractivity contribution is 0.0913. The standard InChI is InChI=1S/C19H23NO2/c1-2-16-10-11-17(22-16)18(21)20-14-19(12-6-7-13-19)15-8-4-3-5-9-15/h3-5,8-11H,2,6-7,12-14H2,1H3,(H,20,21). The van der Waals surface area contributed by atoms with E-state index in [1.165, 1.54) is 18.4 Å². The van der Waals surface area contributed by atoms with Crippen LogP contribution < -0.4 is 5.32 Å². The summed E-state index contributed by atoms with van der Waals surface area (Å²) in [6, 6.07) is 14.2. The molecule has 0 atom stereocenters. The molecule has 0 spiro atoms. The van der Waals surface area contributed by atoms with E-state index in [0.29, 0.717) is 12.3 Å². The fourth-order valence-corrected chi connectivity index (χ4v) is 3.44. The molecule has 0 saturated heterocycles. The van der Waals surface area contributed by atoms with Gasteiger partial charge >= 0.3 is 0 Å². The van der Waals surface area contributed by atoms with Crippen molar-refractivity contribution in [1.29, 1.82) is 0 Å². The summed E-state index contributed by atoms with van der Waals surface area (Å²) in [4.78, 5) is 12.3. The molecule has 3 nitrogen and oxygen atoms in total. The van der Waals surface area contributed by atoms with Gasteiger partial charge in [0.1, 0.15) is 5.76 Å². The number of carbonyl (C=O) groups excluding carboxylic acids is 1. The number of nitrogens with one attached hydrogen (secondary N) is 1. The minimum atomic E-state index is -0.109. The van der Waals surface area contributed by atoms with Gasteiger partial charge in [0.25, 0.3) is 5.91 Å². The van der Waals surface area contributed by atoms with E-state index in [2.05, 4.69) is 29.6 Å². The fraction of sp³-hybridized carbons (Fsp3) is 0.421. The molecule has 0 aliphatic heterocycles. The van der Waals surface area contributed by atoms with Crippen LogP contribution in [-0.4, -0.2) is 12.5 Å². The van der Waals surface area contributed by atoms with Crippen LogP contribution in [0, 0.1) is 0 Å². The van der Waals surface area contributed by atoms with Crippen LogP contribution in [0.25, 0.3) is 0 Å². The van der Waals surface area contributed by atoms with Crippen molar-refractivity contribution in [1.82, 2.24) is 5.32 Å². The number of hydrogen-bond donors (Lipinski definition) is 1. The summed E-state index contributed by atoms with van der Waals surface area (Å²) in [5, 5.41) is 3.08. The monoisotopic (exact) mass is 297 g/mol. The first-order valence-corrected chi connectivity index (χ1v) is 8.16. The molecule has 1 heterocycles. The fourth-order valence-electron chi connectivity index (χ4n) is 3.44. The van der Waals surface area contributed by atoms with Crippen molar-refractivity contribution in [3.63, 3.8) is 0 Å². The van der Waals surface area contributed by atoms with Gasteiger partial charge < -0.3 is 9.73 Å². The maximum Gasteiger partial charge on any atom is 0.287 e. The van der Waals surface area contributed by atoms with Crippen molar-refractivity contribution in [2.24, 2.45) is 0 Å². The first-order valence-electron chi connectivity index (χ1n) is 8.16. The molecule has 0 bridgehead atoms. The van der Waals surface area contributed by atoms with Gasteiger partial charge in [0.2, 0.25) is 0 Å². The third-order valence-corrected chi connectivity index (χ3v) is 4.77. The van der Waals surface area contributed by atoms with E-state index >= 15 is 0 Å². The number of carbonyl (C=O) groups is 1. The summed E-state index contributed by atoms with van der Waals surface area (Å²) in [6.45, 7) is 2.70. The van der Waals surface area contributed by atoms with Crippen LogP contribution in [0.1, 0.15) is 54.5 Å². The summed E-state index contributed by atoms with van der Waals surface area (Å²) in [6.07, 6.45) is 5.53. The van der Waals surface area contributed by atoms with Gasteiger partial charge in [0.15, 0.2) is 5.76 Å². The maximum atomic E-state index is 12.3. The second-order valence-corrected chi connectivity index (χ2v) is 6.16. The first-order chi connectivity index (χ1) is 10.7. The molecule has 116 valence electrons. The van der Waals surface area contributed by atoms with Gasteiger partial charge in [-0.25, -0.2) is 0 Å². The Hall–Kier alpha value is -2.03. The molecular formula is C19H23NO2. The highest BCUT2D eigenvalue weighted by Crippen LogP contribution is 2.40. The third-order valence-electron chi connectivity index (χ3n) is 4.77. The second kappa shape index (κ2) is 6.39. The molecule has 1 fully saturated rings. The van der Waals surface area contributed by atoms with Crippen LogP contribution in [0.2, 0.25) is 0 Å². The Bertz CT molecular complexity index is 624. The third kappa shape index (κ3) is 2.94. The lowest BCUT2D eigenvalue weighted by Gasteiger charge is -2.29. The molecule has 1 aliphatic rings. The van der Waals surface area contributed by atoms with E-state index in [0.717, 1.165) is 25.0 Å². The lowest BCUT2D eigenvalue weighted by atomic mass is 9.79. The molecule has 1 aromatic carbocycles. The van der Waals surface area contributed by atoms with Gasteiger partial charge in [-0.2, -0.15) is 0 Å². The Morgan fingerprint density at radius 3 is 2.50 bits per heavy atom. The summed E-state index contributed by atoms with van der Waals surface area (Å²) < 4.78 is 5.54. The van der Waals surface area contributed by atoms with E-state index in [4.69, 9.17) is 4.42 Å². The van der Waals surface area contributed by atoms with Gasteiger partial charge in [-0.1, -0.05) is 50.1 Å². The Kier molecular flexibility index (Phi) is 4.32. The molecule has 1 N–H and O–H groups in total. The van der Waals surface area contributed by atoms with E-state index in [9.17, 15) is 4.79 Å². The zero-order valence-corrected chi connectivity index (χ0v) is 13.1. The van der Waals surface area contributed by atoms with Crippen molar-refractivity contribution in [3.8, 4) is 0 Å². The molecule has 1 saturated carbocycles. The molecular weight excluding hydrogens is 274 g/mol. The molecule has 3 heteroatoms. The largest absolute Gasteiger partial charge is 0.456 e. The van der Waals surface area contributed by atoms with E-state index in [-0.39, 0.29) is 11.3 Å². The highest BCUT2D eigenvalue weighted by molar-refractivity contribution is 5.91. The van der Waals surface area contributed by atoms with Gasteiger partial charge in [-0.3, -0.25) is 4.79 Å². The first kappa shape index (κ1) is 14.9. The van der Waals surface area contributed by atoms with Crippen molar-refractivity contribution >= 4 is 5.91 Å². The number of rotatable bonds is 5. The molecule has 1 aliphatic carbocycles. The zero-order chi connectivity index (χ0) is 15.4. The topological polar surface area (TPSA) is 42.2 Å². The second-order valence-electron chi connectivity index (χ2n) is 6.16. The van der Waals surface area contributed by atoms with Gasteiger partial charge in [-0.05, 0) is 30.5 Å². The summed E-state index contributed by atoms with van der Waals surface area (Å²) >= 11 is 0. The van der Waals surface area contributed by atoms with Crippen molar-refractivity contribution in [2.45, 2.75) is 44.4 Å². The van der Waals surface area contributed by atoms with Gasteiger partial charge in [0, 0.05) is 18.4 Å². The minimum absolute atomic E-state index is 0.0805. The van der Waals surface area contributed by atoms with Crippen LogP contribution in [-0.2, 0) is 11.8 Å². The Balaban J connectivity index is 1.71. The average molecular weight is 297 g/mol. The SMILES string of the molecule is CCc1ccc(C(=O)NCC2(c3ccccc3)CCCC2)o1. The summed E-state index contributed by atoms with van der Waals surface area (Å²) in [7, 11) is 0. The number of amides is 1. The van der Waals surface area contributed by atoms with E-state index in [1.807, 2.05) is 19.1 Å². The van der Waals surface area contributed by atoms with E-state index < -0.39 is 0 Å². The van der Waals surface area contributed by atoms with Gasteiger partial charge in [-0.15, -0.1) is 0 Å². The molecule has 1 aromatic heterocycles. The molecule has 0 radical (unpaired) electrons. The number of benzene rings is 1. The molecule has 22 heavy (non-hydrogen) atoms. The van der Waals surface area contributed by atoms with Crippen LogP contribution in [0.3, 0.4) is 0 Å². The highest BCUT2D eigenvalue weighted by atomic mass is 16.3. The number of hydrogen-bond acceptors (Lipinski definition) is 2. The summed E-state index contributed by atoms with van der Waals surface area (Å²) in [5.74, 6) is 1.16. The van der Waals surface area contributed by atoms with Crippen LogP contribution in [0.15, 0.2) is 46.9 Å². The van der Waals surface area contributed by atoms with Crippen LogP contribution in [0.5, 0.6) is 0 Å². The van der Waals surface area contributed by atoms with Crippen LogP contribution >= 0.6 is 0 Å². The van der Waals surface area contributed by atoms with Crippen molar-refractivity contribution in [2.75, 3.05) is 6.54 Å². The van der Waals surface area contributed by atoms with Crippen molar-refractivity contribution < 1.29 is 9.21 Å². The normalized spacial score (nSPS) is 16.6. The molecule has 2 aromatic rings.